The minimum absolute atomic E-state index is 0.00434. The van der Waals surface area contributed by atoms with Gasteiger partial charge >= 0.3 is 17.1 Å². The largest absolute Gasteiger partial charge is 0.436 e. The molecule has 0 spiro atoms. The van der Waals surface area contributed by atoms with E-state index in [0.29, 0.717) is 19.6 Å². The van der Waals surface area contributed by atoms with Gasteiger partial charge < -0.3 is 61.9 Å². The Morgan fingerprint density at radius 1 is 0.368 bits per heavy atom. The van der Waals surface area contributed by atoms with E-state index in [1.807, 2.05) is 0 Å². The molecule has 0 rings (SSSR count). The normalized spacial score (nSPS) is 16.9. The number of aliphatic hydroxyl groups is 6. The zero-order valence-electron chi connectivity index (χ0n) is 37.6. The van der Waals surface area contributed by atoms with E-state index in [-0.39, 0.29) is 46.2 Å². The van der Waals surface area contributed by atoms with Crippen molar-refractivity contribution < 1.29 is 61.9 Å². The van der Waals surface area contributed by atoms with Gasteiger partial charge in [-0.25, -0.2) is 0 Å². The summed E-state index contributed by atoms with van der Waals surface area (Å²) in [6.45, 7) is 18.3. The number of unbranched alkanes of at least 4 members (excludes halogenated alkanes) is 10. The molecule has 344 valence electrons. The summed E-state index contributed by atoms with van der Waals surface area (Å²) in [5, 5.41) is 57.6. The highest BCUT2D eigenvalue weighted by atomic mass is 28.5. The van der Waals surface area contributed by atoms with Crippen molar-refractivity contribution in [1.29, 1.82) is 0 Å². The van der Waals surface area contributed by atoms with Crippen LogP contribution in [0, 0.1) is 0 Å². The van der Waals surface area contributed by atoms with Crippen LogP contribution in [0.3, 0.4) is 0 Å². The van der Waals surface area contributed by atoms with Crippen LogP contribution < -0.4 is 0 Å². The fourth-order valence-electron chi connectivity index (χ4n) is 6.95. The summed E-state index contributed by atoms with van der Waals surface area (Å²) in [4.78, 5) is 0. The third kappa shape index (κ3) is 33.6. The van der Waals surface area contributed by atoms with Gasteiger partial charge in [-0.1, -0.05) is 90.9 Å². The molecule has 0 aromatic carbocycles. The third-order valence-corrected chi connectivity index (χ3v) is 26.8. The first-order valence-corrected chi connectivity index (χ1v) is 33.6. The quantitative estimate of drug-likeness (QED) is 0.0285. The minimum Gasteiger partial charge on any atom is -0.436 e. The molecule has 0 saturated carbocycles. The van der Waals surface area contributed by atoms with Crippen LogP contribution in [0.25, 0.3) is 0 Å². The summed E-state index contributed by atoms with van der Waals surface area (Å²) in [6.07, 6.45) is 12.7. The second-order valence-electron chi connectivity index (χ2n) is 17.5. The molecule has 6 atom stereocenters. The van der Waals surface area contributed by atoms with E-state index in [1.165, 1.54) is 70.6 Å². The van der Waals surface area contributed by atoms with Crippen LogP contribution >= 0.6 is 0 Å². The van der Waals surface area contributed by atoms with Gasteiger partial charge in [0.1, 0.15) is 24.4 Å². The Balaban J connectivity index is 5.66. The highest BCUT2D eigenvalue weighted by molar-refractivity contribution is 6.90. The zero-order chi connectivity index (χ0) is 43.1. The highest BCUT2D eigenvalue weighted by Crippen LogP contribution is 2.33. The maximum atomic E-state index is 10.4. The lowest BCUT2D eigenvalue weighted by Gasteiger charge is -2.44. The summed E-state index contributed by atoms with van der Waals surface area (Å²) in [5.41, 5.74) is 0. The fourth-order valence-corrected chi connectivity index (χ4v) is 27.3. The average Bonchev–Trinajstić information content (AvgIpc) is 3.13. The lowest BCUT2D eigenvalue weighted by atomic mass is 10.1. The Morgan fingerprint density at radius 2 is 0.684 bits per heavy atom. The van der Waals surface area contributed by atoms with E-state index in [1.54, 1.807) is 0 Å². The molecule has 0 amide bonds. The number of hydrogen-bond acceptors (Lipinski definition) is 13. The molecule has 0 saturated heterocycles. The van der Waals surface area contributed by atoms with Crippen molar-refractivity contribution in [3.63, 3.8) is 0 Å². The first-order valence-electron chi connectivity index (χ1n) is 22.3. The van der Waals surface area contributed by atoms with E-state index in [2.05, 4.69) is 53.1 Å². The first-order chi connectivity index (χ1) is 26.9. The van der Waals surface area contributed by atoms with Gasteiger partial charge in [-0.2, -0.15) is 0 Å². The molecular formula is C40H90O13Si4. The lowest BCUT2D eigenvalue weighted by Crippen LogP contribution is -2.59. The van der Waals surface area contributed by atoms with Crippen molar-refractivity contribution in [3.8, 4) is 0 Å². The predicted molar refractivity (Wildman–Crippen MR) is 238 cm³/mol. The van der Waals surface area contributed by atoms with Crippen molar-refractivity contribution in [2.75, 3.05) is 66.1 Å². The predicted octanol–water partition coefficient (Wildman–Crippen LogP) is 6.59. The Hall–Kier alpha value is 0.348. The summed E-state index contributed by atoms with van der Waals surface area (Å²) in [7, 11) is -9.79. The van der Waals surface area contributed by atoms with Crippen molar-refractivity contribution in [2.24, 2.45) is 0 Å². The van der Waals surface area contributed by atoms with Gasteiger partial charge in [0.2, 0.25) is 0 Å². The first kappa shape index (κ1) is 57.3. The van der Waals surface area contributed by atoms with Crippen molar-refractivity contribution in [1.82, 2.24) is 0 Å². The molecule has 6 unspecified atom stereocenters. The summed E-state index contributed by atoms with van der Waals surface area (Å²) in [6, 6.07) is 3.64. The topological polar surface area (TPSA) is 186 Å². The van der Waals surface area contributed by atoms with Crippen LogP contribution in [0.1, 0.15) is 104 Å². The molecule has 0 radical (unpaired) electrons. The SMILES string of the molecule is CCCCCCCC[Si](C)(C)O[Si](C)(CCCOCC(O)CO)O[Si](C)(CCCOCC(O)COCC(O)COCC(O)CO)O[Si](C)(C)CCCCCCCC. The molecule has 0 aliphatic heterocycles. The molecule has 0 aromatic rings. The molecule has 57 heavy (non-hydrogen) atoms. The van der Waals surface area contributed by atoms with Gasteiger partial charge in [-0.3, -0.25) is 0 Å². The molecular weight excluding hydrogens is 801 g/mol. The van der Waals surface area contributed by atoms with E-state index >= 15 is 0 Å². The lowest BCUT2D eigenvalue weighted by molar-refractivity contribution is -0.0674. The van der Waals surface area contributed by atoms with Crippen LogP contribution in [0.15, 0.2) is 0 Å². The zero-order valence-corrected chi connectivity index (χ0v) is 41.6. The molecule has 0 fully saturated rings. The molecule has 0 aliphatic rings. The Morgan fingerprint density at radius 3 is 1.05 bits per heavy atom. The molecule has 0 bridgehead atoms. The maximum Gasteiger partial charge on any atom is 0.315 e. The Bertz CT molecular complexity index is 929. The van der Waals surface area contributed by atoms with Crippen LogP contribution in [0.2, 0.25) is 63.5 Å². The van der Waals surface area contributed by atoms with Gasteiger partial charge in [0.25, 0.3) is 0 Å². The van der Waals surface area contributed by atoms with E-state index in [9.17, 15) is 25.5 Å². The maximum absolute atomic E-state index is 10.4. The molecule has 0 heterocycles. The molecule has 0 aliphatic carbocycles. The Labute approximate surface area is 352 Å². The van der Waals surface area contributed by atoms with E-state index < -0.39 is 64.8 Å². The second kappa shape index (κ2) is 33.9. The molecule has 13 nitrogen and oxygen atoms in total. The van der Waals surface area contributed by atoms with Gasteiger partial charge in [0.15, 0.2) is 16.6 Å². The monoisotopic (exact) mass is 891 g/mol. The van der Waals surface area contributed by atoms with Crippen LogP contribution in [-0.2, 0) is 31.3 Å². The smallest absolute Gasteiger partial charge is 0.315 e. The van der Waals surface area contributed by atoms with Gasteiger partial charge in [0.05, 0.1) is 52.9 Å². The average molecular weight is 891 g/mol. The standard InChI is InChI=1S/C40H90O13Si4/c1-9-11-13-15-17-19-25-54(3,4)51-56(7,27-21-23-47-31-37(43)29-41)53-57(8,52-55(5,6)26-20-18-16-14-12-10-2)28-22-24-48-33-39(45)34-50-36-40(46)35-49-32-38(44)30-42/h37-46H,9-36H2,1-8H3. The second-order valence-corrected chi connectivity index (χ2v) is 33.6. The molecule has 6 N–H and O–H groups in total. The fraction of sp³-hybridized carbons (Fsp3) is 1.00. The minimum atomic E-state index is -2.81. The van der Waals surface area contributed by atoms with Crippen LogP contribution in [0.5, 0.6) is 0 Å². The summed E-state index contributed by atoms with van der Waals surface area (Å²) < 4.78 is 44.1. The number of ether oxygens (including phenoxy) is 4. The van der Waals surface area contributed by atoms with Gasteiger partial charge in [-0.15, -0.1) is 0 Å². The van der Waals surface area contributed by atoms with E-state index in [0.717, 1.165) is 37.0 Å². The van der Waals surface area contributed by atoms with Crippen LogP contribution in [-0.4, -0.2) is 155 Å². The summed E-state index contributed by atoms with van der Waals surface area (Å²) in [5.74, 6) is 0. The van der Waals surface area contributed by atoms with Crippen molar-refractivity contribution >= 4 is 33.8 Å². The van der Waals surface area contributed by atoms with Gasteiger partial charge in [0, 0.05) is 13.2 Å². The van der Waals surface area contributed by atoms with E-state index in [4.69, 9.17) is 36.4 Å². The molecule has 0 aromatic heterocycles. The highest BCUT2D eigenvalue weighted by Gasteiger charge is 2.47. The Kier molecular flexibility index (Phi) is 34.1. The summed E-state index contributed by atoms with van der Waals surface area (Å²) >= 11 is 0. The number of rotatable bonds is 42. The molecule has 17 heteroatoms. The van der Waals surface area contributed by atoms with Crippen molar-refractivity contribution in [2.45, 2.75) is 192 Å². The van der Waals surface area contributed by atoms with Crippen molar-refractivity contribution in [3.05, 3.63) is 0 Å². The van der Waals surface area contributed by atoms with Gasteiger partial charge in [-0.05, 0) is 76.3 Å². The third-order valence-electron chi connectivity index (χ3n) is 9.80. The number of hydrogen-bond donors (Lipinski definition) is 6. The number of aliphatic hydroxyl groups excluding tert-OH is 6. The van der Waals surface area contributed by atoms with Crippen LogP contribution in [0.4, 0.5) is 0 Å².